The number of rotatable bonds is 10. The molecule has 0 aliphatic heterocycles. The molecule has 0 spiro atoms. The summed E-state index contributed by atoms with van der Waals surface area (Å²) in [4.78, 5) is 10.5. The third-order valence-electron chi connectivity index (χ3n) is 6.00. The van der Waals surface area contributed by atoms with Crippen LogP contribution in [0.1, 0.15) is 5.01 Å². The van der Waals surface area contributed by atoms with Gasteiger partial charge in [0.25, 0.3) is 0 Å². The Morgan fingerprint density at radius 3 is 2.33 bits per heavy atom. The maximum Gasteiger partial charge on any atom is 0.206 e. The van der Waals surface area contributed by atoms with Gasteiger partial charge in [0.1, 0.15) is 14.8 Å². The average Bonchev–Trinajstić information content (AvgIpc) is 3.40. The van der Waals surface area contributed by atoms with E-state index in [4.69, 9.17) is 0 Å². The van der Waals surface area contributed by atoms with Gasteiger partial charge in [0, 0.05) is 48.5 Å². The van der Waals surface area contributed by atoms with Gasteiger partial charge in [-0.3, -0.25) is 4.98 Å². The predicted octanol–water partition coefficient (Wildman–Crippen LogP) is 5.07. The number of pyridine rings is 1. The van der Waals surface area contributed by atoms with Crippen molar-refractivity contribution in [1.29, 1.82) is 0 Å². The molecule has 11 heteroatoms. The average molecular weight is 579 g/mol. The molecule has 0 atom stereocenters. The van der Waals surface area contributed by atoms with Gasteiger partial charge in [0.05, 0.1) is 25.9 Å². The van der Waals surface area contributed by atoms with Crippen LogP contribution in [0.4, 0.5) is 11.4 Å². The Bertz CT molecular complexity index is 1820. The van der Waals surface area contributed by atoms with Crippen molar-refractivity contribution < 1.29 is 16.8 Å². The first-order chi connectivity index (χ1) is 18.7. The molecule has 0 unspecified atom stereocenters. The van der Waals surface area contributed by atoms with Crippen LogP contribution < -0.4 is 10.6 Å². The van der Waals surface area contributed by atoms with E-state index in [0.717, 1.165) is 37.7 Å². The number of hydrogen-bond acceptors (Lipinski definition) is 9. The lowest BCUT2D eigenvalue weighted by atomic mass is 10.1. The van der Waals surface area contributed by atoms with Crippen LogP contribution in [0.2, 0.25) is 0 Å². The van der Waals surface area contributed by atoms with Crippen LogP contribution in [-0.2, 0) is 26.2 Å². The van der Waals surface area contributed by atoms with Gasteiger partial charge in [-0.15, -0.1) is 11.3 Å². The summed E-state index contributed by atoms with van der Waals surface area (Å²) in [5.41, 5.74) is 3.41. The molecule has 0 aliphatic rings. The smallest absolute Gasteiger partial charge is 0.206 e. The van der Waals surface area contributed by atoms with E-state index in [1.807, 2.05) is 30.5 Å². The maximum absolute atomic E-state index is 12.9. The number of thiazole rings is 1. The Morgan fingerprint density at radius 2 is 1.59 bits per heavy atom. The van der Waals surface area contributed by atoms with E-state index in [0.29, 0.717) is 13.1 Å². The molecule has 5 aromatic rings. The zero-order valence-corrected chi connectivity index (χ0v) is 23.5. The molecule has 0 saturated heterocycles. The van der Waals surface area contributed by atoms with Crippen molar-refractivity contribution in [3.63, 3.8) is 0 Å². The first-order valence-electron chi connectivity index (χ1n) is 12.1. The molecule has 0 radical (unpaired) electrons. The molecule has 0 amide bonds. The van der Waals surface area contributed by atoms with Crippen molar-refractivity contribution in [2.75, 3.05) is 23.9 Å². The van der Waals surface area contributed by atoms with Crippen molar-refractivity contribution in [1.82, 2.24) is 15.3 Å². The van der Waals surface area contributed by atoms with E-state index >= 15 is 0 Å². The summed E-state index contributed by atoms with van der Waals surface area (Å²) < 4.78 is 48.3. The number of hydrogen-bond donors (Lipinski definition) is 2. The van der Waals surface area contributed by atoms with Gasteiger partial charge in [-0.25, -0.2) is 21.8 Å². The van der Waals surface area contributed by atoms with Crippen molar-refractivity contribution in [3.05, 3.63) is 96.3 Å². The number of anilines is 2. The number of sulfone groups is 2. The Morgan fingerprint density at radius 1 is 0.846 bits per heavy atom. The van der Waals surface area contributed by atoms with Gasteiger partial charge < -0.3 is 10.6 Å². The molecule has 5 rings (SSSR count). The molecule has 0 saturated carbocycles. The zero-order chi connectivity index (χ0) is 27.5. The number of fused-ring (bicyclic) bond motifs is 1. The molecule has 39 heavy (non-hydrogen) atoms. The molecule has 8 nitrogen and oxygen atoms in total. The minimum Gasteiger partial charge on any atom is -0.355 e. The highest BCUT2D eigenvalue weighted by atomic mass is 32.2. The highest BCUT2D eigenvalue weighted by Gasteiger charge is 2.17. The van der Waals surface area contributed by atoms with Crippen LogP contribution in [0.15, 0.2) is 101 Å². The van der Waals surface area contributed by atoms with Gasteiger partial charge in [-0.1, -0.05) is 30.3 Å². The molecule has 2 heterocycles. The van der Waals surface area contributed by atoms with Crippen LogP contribution in [0.5, 0.6) is 0 Å². The molecule has 200 valence electrons. The quantitative estimate of drug-likeness (QED) is 0.221. The first kappa shape index (κ1) is 26.9. The lowest BCUT2D eigenvalue weighted by molar-refractivity contribution is 0.594. The second-order valence-corrected chi connectivity index (χ2v) is 14.3. The Kier molecular flexibility index (Phi) is 7.76. The van der Waals surface area contributed by atoms with E-state index in [2.05, 4.69) is 20.6 Å². The second kappa shape index (κ2) is 11.2. The van der Waals surface area contributed by atoms with E-state index < -0.39 is 19.7 Å². The van der Waals surface area contributed by atoms with Crippen LogP contribution in [0.25, 0.3) is 21.3 Å². The number of aromatic nitrogens is 2. The van der Waals surface area contributed by atoms with E-state index in [1.54, 1.807) is 72.1 Å². The summed E-state index contributed by atoms with van der Waals surface area (Å²) in [5, 5.41) is 8.29. The van der Waals surface area contributed by atoms with Gasteiger partial charge >= 0.3 is 0 Å². The lowest BCUT2D eigenvalue weighted by Gasteiger charge is -2.11. The molecule has 2 N–H and O–H groups in total. The van der Waals surface area contributed by atoms with Crippen molar-refractivity contribution in [2.45, 2.75) is 16.3 Å². The fourth-order valence-corrected chi connectivity index (χ4v) is 6.68. The molecular weight excluding hydrogens is 553 g/mol. The monoisotopic (exact) mass is 578 g/mol. The number of nitrogens with one attached hydrogen (secondary N) is 2. The van der Waals surface area contributed by atoms with Crippen LogP contribution in [0.3, 0.4) is 0 Å². The Labute approximate surface area is 231 Å². The minimum absolute atomic E-state index is 0.0921. The third kappa shape index (κ3) is 6.51. The first-order valence-corrected chi connectivity index (χ1v) is 16.4. The SMILES string of the molecule is CS(=O)(=O)CCNCc1ncc(-c2ccc3c(Nc4ccc(S(=O)(=O)c5ccccc5)cc4)ccnc3c2)s1. The van der Waals surface area contributed by atoms with Gasteiger partial charge in [-0.05, 0) is 54.1 Å². The van der Waals surface area contributed by atoms with Crippen LogP contribution in [0, 0.1) is 0 Å². The molecular formula is C28H26N4O4S3. The Hall–Kier alpha value is -3.64. The van der Waals surface area contributed by atoms with Crippen molar-refractivity contribution in [3.8, 4) is 10.4 Å². The summed E-state index contributed by atoms with van der Waals surface area (Å²) in [6, 6.07) is 23.0. The largest absolute Gasteiger partial charge is 0.355 e. The highest BCUT2D eigenvalue weighted by molar-refractivity contribution is 7.91. The van der Waals surface area contributed by atoms with E-state index in [1.165, 1.54) is 6.26 Å². The Balaban J connectivity index is 1.30. The van der Waals surface area contributed by atoms with Crippen LogP contribution >= 0.6 is 11.3 Å². The topological polar surface area (TPSA) is 118 Å². The second-order valence-electron chi connectivity index (χ2n) is 8.98. The predicted molar refractivity (Wildman–Crippen MR) is 156 cm³/mol. The maximum atomic E-state index is 12.9. The fraction of sp³-hybridized carbons (Fsp3) is 0.143. The van der Waals surface area contributed by atoms with Gasteiger partial charge in [0.2, 0.25) is 9.84 Å². The molecule has 2 aromatic heterocycles. The molecule has 0 fully saturated rings. The molecule has 0 bridgehead atoms. The van der Waals surface area contributed by atoms with Gasteiger partial charge in [-0.2, -0.15) is 0 Å². The summed E-state index contributed by atoms with van der Waals surface area (Å²) in [5.74, 6) is 0.0921. The number of benzene rings is 3. The lowest BCUT2D eigenvalue weighted by Crippen LogP contribution is -2.21. The van der Waals surface area contributed by atoms with Gasteiger partial charge in [0.15, 0.2) is 0 Å². The van der Waals surface area contributed by atoms with Crippen LogP contribution in [-0.4, -0.2) is 45.4 Å². The third-order valence-corrected chi connectivity index (χ3v) is 9.78. The van der Waals surface area contributed by atoms with E-state index in [9.17, 15) is 16.8 Å². The summed E-state index contributed by atoms with van der Waals surface area (Å²) in [6.07, 6.45) is 4.76. The highest BCUT2D eigenvalue weighted by Crippen LogP contribution is 2.32. The summed E-state index contributed by atoms with van der Waals surface area (Å²) in [7, 11) is -6.57. The number of nitrogens with zero attached hydrogens (tertiary/aromatic N) is 2. The standard InChI is InChI=1S/C28H26N4O4S3/c1-38(33,34)16-15-29-19-28-31-18-27(37-28)20-7-12-24-25(13-14-30-26(24)17-20)32-21-8-10-23(11-9-21)39(35,36)22-5-3-2-4-6-22/h2-14,17-18,29H,15-16,19H2,1H3,(H,30,32). The van der Waals surface area contributed by atoms with Crippen molar-refractivity contribution in [2.24, 2.45) is 0 Å². The summed E-state index contributed by atoms with van der Waals surface area (Å²) in [6.45, 7) is 0.889. The minimum atomic E-state index is -3.58. The van der Waals surface area contributed by atoms with Crippen molar-refractivity contribution >= 4 is 53.3 Å². The summed E-state index contributed by atoms with van der Waals surface area (Å²) >= 11 is 1.55. The molecule has 0 aliphatic carbocycles. The van der Waals surface area contributed by atoms with E-state index in [-0.39, 0.29) is 15.5 Å². The zero-order valence-electron chi connectivity index (χ0n) is 21.0. The fourth-order valence-electron chi connectivity index (χ4n) is 4.00. The normalized spacial score (nSPS) is 12.0. The molecule has 3 aromatic carbocycles.